The molecule has 1 aromatic rings. The predicted octanol–water partition coefficient (Wildman–Crippen LogP) is 2.76. The SMILES string of the molecule is CC(CCS(C)=O)NCc1cc(Br)cs1. The van der Waals surface area contributed by atoms with E-state index in [1.165, 1.54) is 4.88 Å². The lowest BCUT2D eigenvalue weighted by Crippen LogP contribution is -2.26. The molecule has 0 fully saturated rings. The number of halogens is 1. The fourth-order valence-corrected chi connectivity index (χ4v) is 3.25. The summed E-state index contributed by atoms with van der Waals surface area (Å²) in [6.07, 6.45) is 2.72. The Labute approximate surface area is 106 Å². The minimum absolute atomic E-state index is 0.426. The first kappa shape index (κ1) is 13.4. The standard InChI is InChI=1S/C10H16BrNOS2/c1-8(3-4-15(2)13)12-6-10-5-9(11)7-14-10/h5,7-8,12H,3-4,6H2,1-2H3. The van der Waals surface area contributed by atoms with Crippen LogP contribution in [0.4, 0.5) is 0 Å². The number of rotatable bonds is 6. The molecule has 2 atom stereocenters. The van der Waals surface area contributed by atoms with Gasteiger partial charge in [0.15, 0.2) is 0 Å². The zero-order chi connectivity index (χ0) is 11.3. The molecule has 0 amide bonds. The second kappa shape index (κ2) is 6.78. The molecule has 86 valence electrons. The lowest BCUT2D eigenvalue weighted by Gasteiger charge is -2.11. The Morgan fingerprint density at radius 3 is 2.93 bits per heavy atom. The predicted molar refractivity (Wildman–Crippen MR) is 71.9 cm³/mol. The number of hydrogen-bond acceptors (Lipinski definition) is 3. The molecule has 2 nitrogen and oxygen atoms in total. The third kappa shape index (κ3) is 5.80. The van der Waals surface area contributed by atoms with Gasteiger partial charge in [0.25, 0.3) is 0 Å². The van der Waals surface area contributed by atoms with Crippen molar-refractivity contribution in [2.75, 3.05) is 12.0 Å². The molecule has 5 heteroatoms. The summed E-state index contributed by atoms with van der Waals surface area (Å²) in [6, 6.07) is 2.55. The highest BCUT2D eigenvalue weighted by molar-refractivity contribution is 9.10. The molecule has 0 aromatic carbocycles. The van der Waals surface area contributed by atoms with Crippen LogP contribution >= 0.6 is 27.3 Å². The molecule has 0 aliphatic carbocycles. The number of hydrogen-bond donors (Lipinski definition) is 1. The van der Waals surface area contributed by atoms with E-state index in [4.69, 9.17) is 0 Å². The average molecular weight is 310 g/mol. The van der Waals surface area contributed by atoms with Crippen LogP contribution in [0, 0.1) is 0 Å². The first-order chi connectivity index (χ1) is 7.08. The van der Waals surface area contributed by atoms with E-state index in [0.29, 0.717) is 6.04 Å². The minimum atomic E-state index is -0.675. The third-order valence-corrected chi connectivity index (χ3v) is 4.59. The van der Waals surface area contributed by atoms with Crippen LogP contribution in [-0.4, -0.2) is 22.3 Å². The smallest absolute Gasteiger partial charge is 0.0302 e. The maximum absolute atomic E-state index is 10.9. The molecule has 1 N–H and O–H groups in total. The summed E-state index contributed by atoms with van der Waals surface area (Å²) in [6.45, 7) is 3.03. The van der Waals surface area contributed by atoms with E-state index in [0.717, 1.165) is 23.2 Å². The Kier molecular flexibility index (Phi) is 6.04. The topological polar surface area (TPSA) is 29.1 Å². The highest BCUT2D eigenvalue weighted by Crippen LogP contribution is 2.19. The van der Waals surface area contributed by atoms with Gasteiger partial charge in [-0.15, -0.1) is 11.3 Å². The second-order valence-corrected chi connectivity index (χ2v) is 7.05. The molecule has 15 heavy (non-hydrogen) atoms. The van der Waals surface area contributed by atoms with Gasteiger partial charge in [-0.3, -0.25) is 4.21 Å². The number of nitrogens with one attached hydrogen (secondary N) is 1. The van der Waals surface area contributed by atoms with Crippen LogP contribution < -0.4 is 5.32 Å². The summed E-state index contributed by atoms with van der Waals surface area (Å²) >= 11 is 5.18. The van der Waals surface area contributed by atoms with Gasteiger partial charge in [0.2, 0.25) is 0 Å². The maximum atomic E-state index is 10.9. The zero-order valence-electron chi connectivity index (χ0n) is 8.96. The molecule has 0 radical (unpaired) electrons. The Morgan fingerprint density at radius 2 is 2.40 bits per heavy atom. The molecule has 1 rings (SSSR count). The summed E-state index contributed by atoms with van der Waals surface area (Å²) in [5.74, 6) is 0.780. The summed E-state index contributed by atoms with van der Waals surface area (Å²) in [4.78, 5) is 1.33. The molecule has 1 heterocycles. The van der Waals surface area contributed by atoms with Gasteiger partial charge < -0.3 is 5.32 Å². The Balaban J connectivity index is 2.22. The van der Waals surface area contributed by atoms with Crippen LogP contribution in [0.2, 0.25) is 0 Å². The maximum Gasteiger partial charge on any atom is 0.0302 e. The molecule has 2 unspecified atom stereocenters. The Hall–Kier alpha value is 0.290. The fraction of sp³-hybridized carbons (Fsp3) is 0.600. The van der Waals surface area contributed by atoms with Gasteiger partial charge in [-0.1, -0.05) is 0 Å². The van der Waals surface area contributed by atoms with Crippen molar-refractivity contribution in [3.05, 3.63) is 20.8 Å². The summed E-state index contributed by atoms with van der Waals surface area (Å²) in [5.41, 5.74) is 0. The zero-order valence-corrected chi connectivity index (χ0v) is 12.2. The van der Waals surface area contributed by atoms with Crippen molar-refractivity contribution in [1.29, 1.82) is 0 Å². The highest BCUT2D eigenvalue weighted by atomic mass is 79.9. The summed E-state index contributed by atoms with van der Waals surface area (Å²) < 4.78 is 12.0. The van der Waals surface area contributed by atoms with E-state index in [-0.39, 0.29) is 0 Å². The largest absolute Gasteiger partial charge is 0.309 e. The van der Waals surface area contributed by atoms with Gasteiger partial charge in [-0.25, -0.2) is 0 Å². The number of thiophene rings is 1. The van der Waals surface area contributed by atoms with Gasteiger partial charge in [0.05, 0.1) is 0 Å². The normalized spacial score (nSPS) is 15.1. The van der Waals surface area contributed by atoms with E-state index in [1.54, 1.807) is 17.6 Å². The van der Waals surface area contributed by atoms with E-state index >= 15 is 0 Å². The van der Waals surface area contributed by atoms with Crippen molar-refractivity contribution in [2.45, 2.75) is 25.9 Å². The van der Waals surface area contributed by atoms with E-state index in [9.17, 15) is 4.21 Å². The molecular weight excluding hydrogens is 294 g/mol. The molecule has 0 aliphatic rings. The first-order valence-electron chi connectivity index (χ1n) is 4.84. The van der Waals surface area contributed by atoms with Crippen molar-refractivity contribution >= 4 is 38.1 Å². The molecule has 0 aliphatic heterocycles. The van der Waals surface area contributed by atoms with Crippen LogP contribution in [0.3, 0.4) is 0 Å². The Morgan fingerprint density at radius 1 is 1.67 bits per heavy atom. The van der Waals surface area contributed by atoms with E-state index in [1.807, 2.05) is 0 Å². The third-order valence-electron chi connectivity index (χ3n) is 2.08. The van der Waals surface area contributed by atoms with Crippen LogP contribution in [-0.2, 0) is 17.3 Å². The van der Waals surface area contributed by atoms with Crippen molar-refractivity contribution < 1.29 is 4.21 Å². The van der Waals surface area contributed by atoms with Crippen LogP contribution in [0.5, 0.6) is 0 Å². The van der Waals surface area contributed by atoms with Gasteiger partial charge in [-0.05, 0) is 35.3 Å². The Bertz CT molecular complexity index is 327. The van der Waals surface area contributed by atoms with Gasteiger partial charge in [0.1, 0.15) is 0 Å². The minimum Gasteiger partial charge on any atom is -0.309 e. The van der Waals surface area contributed by atoms with Crippen LogP contribution in [0.25, 0.3) is 0 Å². The van der Waals surface area contributed by atoms with E-state index in [2.05, 4.69) is 39.6 Å². The lowest BCUT2D eigenvalue weighted by atomic mass is 10.2. The van der Waals surface area contributed by atoms with Crippen LogP contribution in [0.15, 0.2) is 15.9 Å². The van der Waals surface area contributed by atoms with Crippen LogP contribution in [0.1, 0.15) is 18.2 Å². The van der Waals surface area contributed by atoms with Crippen molar-refractivity contribution in [2.24, 2.45) is 0 Å². The molecule has 0 saturated carbocycles. The first-order valence-corrected chi connectivity index (χ1v) is 8.24. The van der Waals surface area contributed by atoms with Crippen molar-refractivity contribution in [3.63, 3.8) is 0 Å². The summed E-state index contributed by atoms with van der Waals surface area (Å²) in [5, 5.41) is 5.51. The fourth-order valence-electron chi connectivity index (χ4n) is 1.17. The molecule has 0 bridgehead atoms. The molecular formula is C10H16BrNOS2. The lowest BCUT2D eigenvalue weighted by molar-refractivity contribution is 0.538. The van der Waals surface area contributed by atoms with Gasteiger partial charge in [-0.2, -0.15) is 0 Å². The average Bonchev–Trinajstić information content (AvgIpc) is 2.58. The van der Waals surface area contributed by atoms with Crippen molar-refractivity contribution in [1.82, 2.24) is 5.32 Å². The van der Waals surface area contributed by atoms with E-state index < -0.39 is 10.8 Å². The van der Waals surface area contributed by atoms with Crippen molar-refractivity contribution in [3.8, 4) is 0 Å². The van der Waals surface area contributed by atoms with Gasteiger partial charge in [0, 0.05) is 50.1 Å². The quantitative estimate of drug-likeness (QED) is 0.875. The second-order valence-electron chi connectivity index (χ2n) is 3.58. The molecule has 0 saturated heterocycles. The highest BCUT2D eigenvalue weighted by Gasteiger charge is 2.03. The monoisotopic (exact) mass is 309 g/mol. The van der Waals surface area contributed by atoms with Gasteiger partial charge >= 0.3 is 0 Å². The summed E-state index contributed by atoms with van der Waals surface area (Å²) in [7, 11) is -0.675. The molecule has 1 aromatic heterocycles. The molecule has 0 spiro atoms.